The van der Waals surface area contributed by atoms with Crippen molar-refractivity contribution >= 4 is 40.0 Å². The molecule has 2 aromatic carbocycles. The number of anilines is 1. The lowest BCUT2D eigenvalue weighted by Gasteiger charge is -2.29. The Morgan fingerprint density at radius 1 is 1.35 bits per heavy atom. The third-order valence-corrected chi connectivity index (χ3v) is 7.57. The molecule has 3 heterocycles. The summed E-state index contributed by atoms with van der Waals surface area (Å²) < 4.78 is 14.2. The number of H-pyrrole nitrogens is 1. The van der Waals surface area contributed by atoms with Crippen molar-refractivity contribution in [3.05, 3.63) is 64.6 Å². The summed E-state index contributed by atoms with van der Waals surface area (Å²) in [6, 6.07) is 11.8. The second kappa shape index (κ2) is 9.45. The molecule has 37 heavy (non-hydrogen) atoms. The zero-order valence-corrected chi connectivity index (χ0v) is 21.1. The highest BCUT2D eigenvalue weighted by Crippen LogP contribution is 2.49. The smallest absolute Gasteiger partial charge is 0.240 e. The highest BCUT2D eigenvalue weighted by Gasteiger charge is 2.57. The summed E-state index contributed by atoms with van der Waals surface area (Å²) in [5.41, 5.74) is 0.899. The number of likely N-dealkylation sites (tertiary alicyclic amines) is 1. The number of benzene rings is 2. The molecule has 2 aliphatic heterocycles. The van der Waals surface area contributed by atoms with Crippen LogP contribution in [0.1, 0.15) is 44.2 Å². The molecule has 4 N–H and O–H groups in total. The fourth-order valence-electron chi connectivity index (χ4n) is 5.55. The summed E-state index contributed by atoms with van der Waals surface area (Å²) in [6.07, 6.45) is -0.798. The molecule has 0 bridgehead atoms. The Balaban J connectivity index is 1.43. The molecule has 0 aliphatic carbocycles. The number of carbonyl (C=O) groups is 2. The van der Waals surface area contributed by atoms with E-state index in [0.717, 1.165) is 0 Å². The van der Waals surface area contributed by atoms with Crippen LogP contribution in [0.15, 0.2) is 42.5 Å². The van der Waals surface area contributed by atoms with Crippen LogP contribution in [0.2, 0.25) is 5.02 Å². The number of hydrogen-bond acceptors (Lipinski definition) is 5. The molecule has 4 atom stereocenters. The predicted molar refractivity (Wildman–Crippen MR) is 137 cm³/mol. The Bertz CT molecular complexity index is 1430. The molecule has 10 heteroatoms. The minimum absolute atomic E-state index is 0.00338. The number of amides is 2. The van der Waals surface area contributed by atoms with Gasteiger partial charge in [-0.25, -0.2) is 4.39 Å². The van der Waals surface area contributed by atoms with Crippen LogP contribution in [0.4, 0.5) is 10.1 Å². The van der Waals surface area contributed by atoms with Crippen LogP contribution >= 0.6 is 11.6 Å². The van der Waals surface area contributed by atoms with Crippen LogP contribution in [-0.2, 0) is 15.0 Å². The highest BCUT2D eigenvalue weighted by atomic mass is 35.5. The molecule has 1 fully saturated rings. The molecular formula is C27H27ClFN5O3. The second-order valence-corrected chi connectivity index (χ2v) is 10.6. The fraction of sp³-hybridized carbons (Fsp3) is 0.370. The number of aromatic amines is 1. The number of aromatic nitrogens is 1. The maximum absolute atomic E-state index is 14.2. The predicted octanol–water partition coefficient (Wildman–Crippen LogP) is 3.97. The molecule has 2 aliphatic rings. The summed E-state index contributed by atoms with van der Waals surface area (Å²) in [5, 5.41) is 27.4. The SMILES string of the molecule is CC(C)C[C@H](NC(O)c1cc2c(F)cccc2[nH]1)C(=O)N1C[C@]2(C[C@H]1C#N)C(=O)Nc1cccc(Cl)c12. The van der Waals surface area contributed by atoms with Gasteiger partial charge < -0.3 is 20.3 Å². The molecule has 2 amide bonds. The number of hydrogen-bond donors (Lipinski definition) is 4. The first kappa shape index (κ1) is 25.2. The number of nitrogens with zero attached hydrogens (tertiary/aromatic N) is 2. The molecule has 1 saturated heterocycles. The molecule has 1 unspecified atom stereocenters. The van der Waals surface area contributed by atoms with Gasteiger partial charge in [0.05, 0.1) is 23.2 Å². The number of fused-ring (bicyclic) bond motifs is 3. The molecule has 192 valence electrons. The number of rotatable bonds is 6. The largest absolute Gasteiger partial charge is 0.373 e. The van der Waals surface area contributed by atoms with Gasteiger partial charge in [-0.05, 0) is 42.7 Å². The topological polar surface area (TPSA) is 121 Å². The molecule has 5 rings (SSSR count). The summed E-state index contributed by atoms with van der Waals surface area (Å²) in [4.78, 5) is 31.4. The maximum atomic E-state index is 14.2. The van der Waals surface area contributed by atoms with Gasteiger partial charge in [-0.1, -0.05) is 37.6 Å². The van der Waals surface area contributed by atoms with Crippen molar-refractivity contribution in [2.24, 2.45) is 5.92 Å². The van der Waals surface area contributed by atoms with E-state index in [2.05, 4.69) is 21.7 Å². The van der Waals surface area contributed by atoms with Crippen molar-refractivity contribution < 1.29 is 19.1 Å². The van der Waals surface area contributed by atoms with Crippen molar-refractivity contribution in [1.29, 1.82) is 5.26 Å². The average Bonchev–Trinajstić information content (AvgIpc) is 3.53. The lowest BCUT2D eigenvalue weighted by atomic mass is 9.79. The van der Waals surface area contributed by atoms with Crippen LogP contribution in [0, 0.1) is 23.1 Å². The van der Waals surface area contributed by atoms with Crippen LogP contribution in [0.5, 0.6) is 0 Å². The molecule has 1 aromatic heterocycles. The number of nitriles is 1. The third-order valence-electron chi connectivity index (χ3n) is 7.26. The Hall–Kier alpha value is -3.45. The summed E-state index contributed by atoms with van der Waals surface area (Å²) in [6.45, 7) is 3.89. The second-order valence-electron chi connectivity index (χ2n) is 10.2. The van der Waals surface area contributed by atoms with Gasteiger partial charge >= 0.3 is 0 Å². The van der Waals surface area contributed by atoms with E-state index >= 15 is 0 Å². The van der Waals surface area contributed by atoms with Gasteiger partial charge in [0.1, 0.15) is 18.1 Å². The lowest BCUT2D eigenvalue weighted by Crippen LogP contribution is -2.50. The summed E-state index contributed by atoms with van der Waals surface area (Å²) in [5.74, 6) is -1.03. The average molecular weight is 524 g/mol. The molecule has 1 spiro atoms. The zero-order valence-electron chi connectivity index (χ0n) is 20.4. The summed E-state index contributed by atoms with van der Waals surface area (Å²) >= 11 is 6.48. The highest BCUT2D eigenvalue weighted by molar-refractivity contribution is 6.33. The standard InChI is InChI=1S/C27H27ClFN5O3/c1-14(2)9-22(32-24(35)21-10-16-18(29)6-4-7-19(16)31-21)25(36)34-13-27(11-15(34)12-30)23-17(28)5-3-8-20(23)33-26(27)37/h3-8,10,14-15,22,24,31-32,35H,9,11,13H2,1-2H3,(H,33,37)/t15-,22-,24?,27-/m0/s1. The lowest BCUT2D eigenvalue weighted by molar-refractivity contribution is -0.135. The Morgan fingerprint density at radius 3 is 2.81 bits per heavy atom. The minimum Gasteiger partial charge on any atom is -0.373 e. The van der Waals surface area contributed by atoms with Gasteiger partial charge in [0.2, 0.25) is 11.8 Å². The maximum Gasteiger partial charge on any atom is 0.240 e. The number of aliphatic hydroxyl groups excluding tert-OH is 1. The van der Waals surface area contributed by atoms with E-state index in [1.165, 1.54) is 17.0 Å². The van der Waals surface area contributed by atoms with Gasteiger partial charge in [0, 0.05) is 40.1 Å². The molecule has 8 nitrogen and oxygen atoms in total. The van der Waals surface area contributed by atoms with Crippen molar-refractivity contribution in [3.63, 3.8) is 0 Å². The Morgan fingerprint density at radius 2 is 2.11 bits per heavy atom. The van der Waals surface area contributed by atoms with E-state index in [0.29, 0.717) is 39.3 Å². The summed E-state index contributed by atoms with van der Waals surface area (Å²) in [7, 11) is 0. The van der Waals surface area contributed by atoms with E-state index in [-0.39, 0.29) is 24.8 Å². The molecule has 0 saturated carbocycles. The Labute approximate surface area is 218 Å². The Kier molecular flexibility index (Phi) is 6.44. The number of halogens is 2. The number of nitrogens with one attached hydrogen (secondary N) is 3. The first-order chi connectivity index (χ1) is 17.6. The number of aliphatic hydroxyl groups is 1. The van der Waals surface area contributed by atoms with Crippen molar-refractivity contribution in [2.75, 3.05) is 11.9 Å². The van der Waals surface area contributed by atoms with Crippen molar-refractivity contribution in [2.45, 2.75) is 50.4 Å². The van der Waals surface area contributed by atoms with E-state index in [1.54, 1.807) is 30.3 Å². The van der Waals surface area contributed by atoms with Gasteiger partial charge in [-0.3, -0.25) is 14.9 Å². The van der Waals surface area contributed by atoms with E-state index in [9.17, 15) is 24.3 Å². The van der Waals surface area contributed by atoms with Gasteiger partial charge in [-0.2, -0.15) is 5.26 Å². The normalized spacial score (nSPS) is 22.4. The van der Waals surface area contributed by atoms with Gasteiger partial charge in [-0.15, -0.1) is 0 Å². The van der Waals surface area contributed by atoms with Gasteiger partial charge in [0.25, 0.3) is 0 Å². The third kappa shape index (κ3) is 4.25. The van der Waals surface area contributed by atoms with Crippen LogP contribution in [0.25, 0.3) is 10.9 Å². The minimum atomic E-state index is -1.29. The first-order valence-corrected chi connectivity index (χ1v) is 12.5. The zero-order chi connectivity index (χ0) is 26.5. The molecular weight excluding hydrogens is 497 g/mol. The molecule has 3 aromatic rings. The van der Waals surface area contributed by atoms with Crippen molar-refractivity contribution in [3.8, 4) is 6.07 Å². The van der Waals surface area contributed by atoms with E-state index in [4.69, 9.17) is 11.6 Å². The van der Waals surface area contributed by atoms with Gasteiger partial charge in [0.15, 0.2) is 0 Å². The molecule has 0 radical (unpaired) electrons. The monoisotopic (exact) mass is 523 g/mol. The first-order valence-electron chi connectivity index (χ1n) is 12.2. The van der Waals surface area contributed by atoms with Crippen molar-refractivity contribution in [1.82, 2.24) is 15.2 Å². The quantitative estimate of drug-likeness (QED) is 0.364. The van der Waals surface area contributed by atoms with E-state index in [1.807, 2.05) is 13.8 Å². The fourth-order valence-corrected chi connectivity index (χ4v) is 5.90. The van der Waals surface area contributed by atoms with Crippen LogP contribution < -0.4 is 10.6 Å². The van der Waals surface area contributed by atoms with Crippen LogP contribution in [-0.4, -0.2) is 45.4 Å². The van der Waals surface area contributed by atoms with Crippen LogP contribution in [0.3, 0.4) is 0 Å². The number of carbonyl (C=O) groups excluding carboxylic acids is 2. The van der Waals surface area contributed by atoms with E-state index < -0.39 is 35.5 Å².